The Balaban J connectivity index is 2.63. The Morgan fingerprint density at radius 3 is 2.50 bits per heavy atom. The van der Waals surface area contributed by atoms with Gasteiger partial charge in [0.15, 0.2) is 0 Å². The van der Waals surface area contributed by atoms with Gasteiger partial charge in [0, 0.05) is 17.2 Å². The molecule has 0 bridgehead atoms. The van der Waals surface area contributed by atoms with Crippen LogP contribution in [-0.2, 0) is 4.79 Å². The lowest BCUT2D eigenvalue weighted by Crippen LogP contribution is -2.02. The van der Waals surface area contributed by atoms with Crippen molar-refractivity contribution in [2.75, 3.05) is 7.11 Å². The lowest BCUT2D eigenvalue weighted by Gasteiger charge is -2.10. The number of nitro groups is 1. The normalized spacial score (nSPS) is 11.2. The fourth-order valence-corrected chi connectivity index (χ4v) is 2.37. The van der Waals surface area contributed by atoms with Gasteiger partial charge in [-0.3, -0.25) is 10.1 Å². The van der Waals surface area contributed by atoms with Crippen LogP contribution >= 0.6 is 0 Å². The molecule has 0 aliphatic carbocycles. The third-order valence-corrected chi connectivity index (χ3v) is 3.62. The summed E-state index contributed by atoms with van der Waals surface area (Å²) in [5.74, 6) is -0.710. The van der Waals surface area contributed by atoms with E-state index in [1.165, 1.54) is 19.3 Å². The van der Waals surface area contributed by atoms with Crippen LogP contribution in [0.5, 0.6) is 5.75 Å². The molecule has 0 amide bonds. The number of methoxy groups -OCH3 is 1. The molecule has 0 unspecified atom stereocenters. The van der Waals surface area contributed by atoms with Crippen LogP contribution < -0.4 is 4.74 Å². The number of carboxylic acid groups (broad SMARTS) is 1. The molecule has 0 saturated heterocycles. The van der Waals surface area contributed by atoms with Crippen LogP contribution in [0, 0.1) is 24.0 Å². The lowest BCUT2D eigenvalue weighted by molar-refractivity contribution is -0.385. The summed E-state index contributed by atoms with van der Waals surface area (Å²) in [5, 5.41) is 20.6. The minimum atomic E-state index is -1.14. The maximum absolute atomic E-state index is 11.7. The Kier molecular flexibility index (Phi) is 4.99. The molecule has 2 rings (SSSR count). The topological polar surface area (TPSA) is 89.7 Å². The van der Waals surface area contributed by atoms with Gasteiger partial charge >= 0.3 is 5.97 Å². The van der Waals surface area contributed by atoms with E-state index in [1.54, 1.807) is 31.2 Å². The smallest absolute Gasteiger partial charge is 0.336 e. The number of aliphatic carboxylic acids is 1. The molecule has 24 heavy (non-hydrogen) atoms. The number of hydrogen-bond donors (Lipinski definition) is 1. The number of aryl methyl sites for hydroxylation is 2. The van der Waals surface area contributed by atoms with Crippen LogP contribution in [0.3, 0.4) is 0 Å². The molecule has 0 aromatic heterocycles. The standard InChI is InChI=1S/C18H17NO5/c1-11-4-7-17(24-3)14(8-11)15(18(20)21)9-13-6-5-12(2)16(10-13)19(22)23/h4-10H,1-3H3,(H,20,21)/b15-9-. The second-order valence-electron chi connectivity index (χ2n) is 5.37. The quantitative estimate of drug-likeness (QED) is 0.390. The first-order chi connectivity index (χ1) is 11.3. The SMILES string of the molecule is COc1ccc(C)cc1/C(=C/c1ccc(C)c([N+](=O)[O-])c1)C(=O)O. The summed E-state index contributed by atoms with van der Waals surface area (Å²) in [7, 11) is 1.46. The van der Waals surface area contributed by atoms with E-state index in [2.05, 4.69) is 0 Å². The zero-order valence-electron chi connectivity index (χ0n) is 13.6. The maximum atomic E-state index is 11.7. The number of nitrogens with zero attached hydrogens (tertiary/aromatic N) is 1. The van der Waals surface area contributed by atoms with Crippen molar-refractivity contribution >= 4 is 23.3 Å². The van der Waals surface area contributed by atoms with Gasteiger partial charge in [0.1, 0.15) is 5.75 Å². The van der Waals surface area contributed by atoms with E-state index in [0.29, 0.717) is 22.4 Å². The van der Waals surface area contributed by atoms with Crippen LogP contribution in [0.25, 0.3) is 11.6 Å². The van der Waals surface area contributed by atoms with E-state index in [4.69, 9.17) is 4.74 Å². The average Bonchev–Trinajstić information content (AvgIpc) is 2.53. The van der Waals surface area contributed by atoms with Crippen molar-refractivity contribution in [3.63, 3.8) is 0 Å². The average molecular weight is 327 g/mol. The fraction of sp³-hybridized carbons (Fsp3) is 0.167. The van der Waals surface area contributed by atoms with Crippen LogP contribution in [0.2, 0.25) is 0 Å². The van der Waals surface area contributed by atoms with E-state index >= 15 is 0 Å². The van der Waals surface area contributed by atoms with Crippen LogP contribution in [0.4, 0.5) is 5.69 Å². The molecule has 0 atom stereocenters. The lowest BCUT2D eigenvalue weighted by atomic mass is 9.99. The summed E-state index contributed by atoms with van der Waals surface area (Å²) < 4.78 is 5.24. The minimum absolute atomic E-state index is 0.00806. The number of rotatable bonds is 5. The van der Waals surface area contributed by atoms with E-state index in [9.17, 15) is 20.0 Å². The van der Waals surface area contributed by atoms with Gasteiger partial charge in [0.2, 0.25) is 0 Å². The molecule has 0 aliphatic heterocycles. The van der Waals surface area contributed by atoms with E-state index in [0.717, 1.165) is 5.56 Å². The highest BCUT2D eigenvalue weighted by atomic mass is 16.6. The summed E-state index contributed by atoms with van der Waals surface area (Å²) in [6, 6.07) is 9.82. The largest absolute Gasteiger partial charge is 0.496 e. The summed E-state index contributed by atoms with van der Waals surface area (Å²) in [6.45, 7) is 3.48. The zero-order valence-corrected chi connectivity index (χ0v) is 13.6. The molecule has 124 valence electrons. The molecule has 0 spiro atoms. The number of ether oxygens (including phenoxy) is 1. The molecule has 6 heteroatoms. The highest BCUT2D eigenvalue weighted by Crippen LogP contribution is 2.30. The fourth-order valence-electron chi connectivity index (χ4n) is 2.37. The second-order valence-corrected chi connectivity index (χ2v) is 5.37. The molecule has 6 nitrogen and oxygen atoms in total. The van der Waals surface area contributed by atoms with Gasteiger partial charge in [-0.05, 0) is 37.6 Å². The van der Waals surface area contributed by atoms with Crippen LogP contribution in [-0.4, -0.2) is 23.1 Å². The Bertz CT molecular complexity index is 839. The number of carboxylic acids is 1. The van der Waals surface area contributed by atoms with Crippen molar-refractivity contribution in [1.82, 2.24) is 0 Å². The molecular formula is C18H17NO5. The molecule has 2 aromatic carbocycles. The molecule has 0 radical (unpaired) electrons. The van der Waals surface area contributed by atoms with Gasteiger partial charge in [-0.25, -0.2) is 4.79 Å². The molecule has 0 saturated carbocycles. The van der Waals surface area contributed by atoms with Crippen molar-refractivity contribution < 1.29 is 19.6 Å². The predicted molar refractivity (Wildman–Crippen MR) is 91.1 cm³/mol. The van der Waals surface area contributed by atoms with Gasteiger partial charge in [-0.2, -0.15) is 0 Å². The molecule has 1 N–H and O–H groups in total. The summed E-state index contributed by atoms with van der Waals surface area (Å²) >= 11 is 0. The van der Waals surface area contributed by atoms with Gasteiger partial charge < -0.3 is 9.84 Å². The van der Waals surface area contributed by atoms with E-state index in [1.807, 2.05) is 13.0 Å². The summed E-state index contributed by atoms with van der Waals surface area (Å²) in [4.78, 5) is 22.3. The number of hydrogen-bond acceptors (Lipinski definition) is 4. The van der Waals surface area contributed by atoms with Gasteiger partial charge in [0.05, 0.1) is 17.6 Å². The van der Waals surface area contributed by atoms with Gasteiger partial charge in [-0.15, -0.1) is 0 Å². The maximum Gasteiger partial charge on any atom is 0.336 e. The van der Waals surface area contributed by atoms with Crippen LogP contribution in [0.15, 0.2) is 36.4 Å². The van der Waals surface area contributed by atoms with Gasteiger partial charge in [0.25, 0.3) is 5.69 Å². The van der Waals surface area contributed by atoms with Crippen LogP contribution in [0.1, 0.15) is 22.3 Å². The monoisotopic (exact) mass is 327 g/mol. The molecular weight excluding hydrogens is 310 g/mol. The Morgan fingerprint density at radius 2 is 1.92 bits per heavy atom. The van der Waals surface area contributed by atoms with Crippen molar-refractivity contribution in [3.05, 3.63) is 68.8 Å². The van der Waals surface area contributed by atoms with Gasteiger partial charge in [-0.1, -0.05) is 23.8 Å². The Morgan fingerprint density at radius 1 is 1.21 bits per heavy atom. The number of benzene rings is 2. The highest BCUT2D eigenvalue weighted by Gasteiger charge is 2.17. The van der Waals surface area contributed by atoms with E-state index < -0.39 is 10.9 Å². The first kappa shape index (κ1) is 17.2. The van der Waals surface area contributed by atoms with Crippen molar-refractivity contribution in [2.24, 2.45) is 0 Å². The predicted octanol–water partition coefficient (Wildman–Crippen LogP) is 3.85. The van der Waals surface area contributed by atoms with Crippen molar-refractivity contribution in [2.45, 2.75) is 13.8 Å². The highest BCUT2D eigenvalue weighted by molar-refractivity contribution is 6.21. The number of carbonyl (C=O) groups is 1. The zero-order chi connectivity index (χ0) is 17.9. The third-order valence-electron chi connectivity index (χ3n) is 3.62. The van der Waals surface area contributed by atoms with Crippen molar-refractivity contribution in [3.8, 4) is 5.75 Å². The Labute approximate surface area is 139 Å². The second kappa shape index (κ2) is 6.95. The van der Waals surface area contributed by atoms with Crippen molar-refractivity contribution in [1.29, 1.82) is 0 Å². The first-order valence-corrected chi connectivity index (χ1v) is 7.18. The summed E-state index contributed by atoms with van der Waals surface area (Å²) in [6.07, 6.45) is 1.41. The minimum Gasteiger partial charge on any atom is -0.496 e. The molecule has 0 heterocycles. The summed E-state index contributed by atoms with van der Waals surface area (Å²) in [5.41, 5.74) is 2.22. The molecule has 2 aromatic rings. The molecule has 0 aliphatic rings. The third kappa shape index (κ3) is 3.60. The first-order valence-electron chi connectivity index (χ1n) is 7.18. The molecule has 0 fully saturated rings. The Hall–Kier alpha value is -3.15. The van der Waals surface area contributed by atoms with E-state index in [-0.39, 0.29) is 11.3 Å². The number of nitro benzene ring substituents is 1.